The molecule has 0 bridgehead atoms. The Morgan fingerprint density at radius 3 is 2.67 bits per heavy atom. The fraction of sp³-hybridized carbons (Fsp3) is 0.462. The number of aromatic nitrogens is 1. The maximum absolute atomic E-state index is 12.0. The van der Waals surface area contributed by atoms with E-state index < -0.39 is 5.97 Å². The summed E-state index contributed by atoms with van der Waals surface area (Å²) in [4.78, 5) is 26.4. The molecule has 0 radical (unpaired) electrons. The van der Waals surface area contributed by atoms with Crippen LogP contribution in [-0.2, 0) is 0 Å². The molecule has 0 unspecified atom stereocenters. The predicted octanol–water partition coefficient (Wildman–Crippen LogP) is 1.84. The maximum atomic E-state index is 12.0. The van der Waals surface area contributed by atoms with Crippen LogP contribution in [0.5, 0.6) is 0 Å². The predicted molar refractivity (Wildman–Crippen MR) is 65.5 cm³/mol. The summed E-state index contributed by atoms with van der Waals surface area (Å²) in [6.07, 6.45) is 6.86. The van der Waals surface area contributed by atoms with Crippen LogP contribution in [0.4, 0.5) is 0 Å². The molecule has 1 aromatic rings. The van der Waals surface area contributed by atoms with Crippen LogP contribution >= 0.6 is 0 Å². The number of hydrogen-bond donors (Lipinski definition) is 2. The first-order chi connectivity index (χ1) is 8.66. The lowest BCUT2D eigenvalue weighted by Gasteiger charge is -2.22. The molecule has 0 saturated heterocycles. The van der Waals surface area contributed by atoms with Crippen molar-refractivity contribution in [3.05, 3.63) is 29.6 Å². The monoisotopic (exact) mass is 248 g/mol. The van der Waals surface area contributed by atoms with Crippen LogP contribution in [0.1, 0.15) is 53.0 Å². The summed E-state index contributed by atoms with van der Waals surface area (Å²) in [6, 6.07) is 3.05. The van der Waals surface area contributed by atoms with Gasteiger partial charge >= 0.3 is 5.97 Å². The van der Waals surface area contributed by atoms with Crippen molar-refractivity contribution in [2.75, 3.05) is 0 Å². The molecule has 1 heterocycles. The minimum atomic E-state index is -1.12. The lowest BCUT2D eigenvalue weighted by molar-refractivity contribution is 0.0690. The first-order valence-corrected chi connectivity index (χ1v) is 6.17. The molecule has 1 aromatic heterocycles. The van der Waals surface area contributed by atoms with E-state index in [-0.39, 0.29) is 17.6 Å². The normalized spacial score (nSPS) is 16.2. The number of nitrogens with zero attached hydrogens (tertiary/aromatic N) is 1. The molecule has 96 valence electrons. The van der Waals surface area contributed by atoms with Crippen LogP contribution in [0.3, 0.4) is 0 Å². The van der Waals surface area contributed by atoms with E-state index in [9.17, 15) is 9.59 Å². The minimum absolute atomic E-state index is 0.105. The van der Waals surface area contributed by atoms with Gasteiger partial charge in [-0.25, -0.2) is 9.78 Å². The number of carboxylic acids is 1. The van der Waals surface area contributed by atoms with Crippen molar-refractivity contribution in [1.82, 2.24) is 10.3 Å². The highest BCUT2D eigenvalue weighted by atomic mass is 16.4. The molecule has 18 heavy (non-hydrogen) atoms. The maximum Gasteiger partial charge on any atom is 0.354 e. The third-order valence-electron chi connectivity index (χ3n) is 3.18. The second-order valence-electron chi connectivity index (χ2n) is 4.54. The van der Waals surface area contributed by atoms with Crippen molar-refractivity contribution in [3.63, 3.8) is 0 Å². The standard InChI is InChI=1S/C13H16N2O3/c16-12(15-10-4-2-1-3-5-10)9-6-7-14-11(8-9)13(17)18/h6-8,10H,1-5H2,(H,15,16)(H,17,18). The lowest BCUT2D eigenvalue weighted by Crippen LogP contribution is -2.36. The van der Waals surface area contributed by atoms with E-state index in [0.29, 0.717) is 5.56 Å². The highest BCUT2D eigenvalue weighted by Gasteiger charge is 2.17. The quantitative estimate of drug-likeness (QED) is 0.855. The van der Waals surface area contributed by atoms with Gasteiger partial charge in [-0.05, 0) is 25.0 Å². The van der Waals surface area contributed by atoms with Gasteiger partial charge in [0.2, 0.25) is 0 Å². The number of aromatic carboxylic acids is 1. The molecular weight excluding hydrogens is 232 g/mol. The molecule has 1 fully saturated rings. The third-order valence-corrected chi connectivity index (χ3v) is 3.18. The van der Waals surface area contributed by atoms with Crippen molar-refractivity contribution in [2.24, 2.45) is 0 Å². The molecule has 1 amide bonds. The molecule has 1 saturated carbocycles. The number of hydrogen-bond acceptors (Lipinski definition) is 3. The van der Waals surface area contributed by atoms with Crippen LogP contribution < -0.4 is 5.32 Å². The van der Waals surface area contributed by atoms with Crippen LogP contribution in [0.15, 0.2) is 18.3 Å². The van der Waals surface area contributed by atoms with Crippen LogP contribution in [0.2, 0.25) is 0 Å². The SMILES string of the molecule is O=C(NC1CCCCC1)c1ccnc(C(=O)O)c1. The van der Waals surface area contributed by atoms with E-state index in [1.807, 2.05) is 0 Å². The largest absolute Gasteiger partial charge is 0.477 e. The summed E-state index contributed by atoms with van der Waals surface area (Å²) < 4.78 is 0. The fourth-order valence-corrected chi connectivity index (χ4v) is 2.20. The Bertz CT molecular complexity index is 453. The number of nitrogens with one attached hydrogen (secondary N) is 1. The Hall–Kier alpha value is -1.91. The Balaban J connectivity index is 2.03. The van der Waals surface area contributed by atoms with Crippen LogP contribution in [0, 0.1) is 0 Å². The van der Waals surface area contributed by atoms with Gasteiger partial charge in [0, 0.05) is 17.8 Å². The van der Waals surface area contributed by atoms with Gasteiger partial charge in [-0.3, -0.25) is 4.79 Å². The summed E-state index contributed by atoms with van der Waals surface area (Å²) in [7, 11) is 0. The molecule has 0 aromatic carbocycles. The molecule has 1 aliphatic rings. The van der Waals surface area contributed by atoms with Crippen molar-refractivity contribution in [3.8, 4) is 0 Å². The molecule has 2 N–H and O–H groups in total. The molecule has 5 heteroatoms. The molecule has 0 spiro atoms. The van der Waals surface area contributed by atoms with Gasteiger partial charge in [-0.15, -0.1) is 0 Å². The third kappa shape index (κ3) is 3.06. The number of amides is 1. The zero-order valence-corrected chi connectivity index (χ0v) is 10.1. The van der Waals surface area contributed by atoms with Crippen LogP contribution in [-0.4, -0.2) is 28.0 Å². The lowest BCUT2D eigenvalue weighted by atomic mass is 9.95. The minimum Gasteiger partial charge on any atom is -0.477 e. The van der Waals surface area contributed by atoms with E-state index in [0.717, 1.165) is 25.7 Å². The average molecular weight is 248 g/mol. The highest BCUT2D eigenvalue weighted by Crippen LogP contribution is 2.17. The second kappa shape index (κ2) is 5.62. The van der Waals surface area contributed by atoms with Gasteiger partial charge in [0.05, 0.1) is 0 Å². The zero-order valence-electron chi connectivity index (χ0n) is 10.1. The number of carbonyl (C=O) groups excluding carboxylic acids is 1. The summed E-state index contributed by atoms with van der Waals surface area (Å²) in [5.41, 5.74) is 0.249. The van der Waals surface area contributed by atoms with Crippen molar-refractivity contribution < 1.29 is 14.7 Å². The Kier molecular flexibility index (Phi) is 3.92. The van der Waals surface area contributed by atoms with E-state index in [1.54, 1.807) is 0 Å². The summed E-state index contributed by atoms with van der Waals surface area (Å²) in [6.45, 7) is 0. The first-order valence-electron chi connectivity index (χ1n) is 6.17. The van der Waals surface area contributed by atoms with Gasteiger partial charge in [0.1, 0.15) is 5.69 Å². The Labute approximate surface area is 105 Å². The number of rotatable bonds is 3. The van der Waals surface area contributed by atoms with E-state index in [1.165, 1.54) is 24.8 Å². The Morgan fingerprint density at radius 2 is 2.00 bits per heavy atom. The molecule has 2 rings (SSSR count). The molecule has 5 nitrogen and oxygen atoms in total. The average Bonchev–Trinajstić information content (AvgIpc) is 2.40. The van der Waals surface area contributed by atoms with Crippen LogP contribution in [0.25, 0.3) is 0 Å². The zero-order chi connectivity index (χ0) is 13.0. The fourth-order valence-electron chi connectivity index (χ4n) is 2.20. The first kappa shape index (κ1) is 12.5. The number of carbonyl (C=O) groups is 2. The van der Waals surface area contributed by atoms with Crippen molar-refractivity contribution >= 4 is 11.9 Å². The van der Waals surface area contributed by atoms with E-state index in [2.05, 4.69) is 10.3 Å². The summed E-state index contributed by atoms with van der Waals surface area (Å²) in [5, 5.41) is 11.8. The summed E-state index contributed by atoms with van der Waals surface area (Å²) in [5.74, 6) is -1.34. The van der Waals surface area contributed by atoms with Gasteiger partial charge in [-0.1, -0.05) is 19.3 Å². The number of carboxylic acid groups (broad SMARTS) is 1. The topological polar surface area (TPSA) is 79.3 Å². The van der Waals surface area contributed by atoms with Crippen molar-refractivity contribution in [1.29, 1.82) is 0 Å². The smallest absolute Gasteiger partial charge is 0.354 e. The highest BCUT2D eigenvalue weighted by molar-refractivity contribution is 5.96. The van der Waals surface area contributed by atoms with Crippen molar-refractivity contribution in [2.45, 2.75) is 38.1 Å². The molecule has 0 atom stereocenters. The Morgan fingerprint density at radius 1 is 1.28 bits per heavy atom. The summed E-state index contributed by atoms with van der Waals surface area (Å²) >= 11 is 0. The molecular formula is C13H16N2O3. The van der Waals surface area contributed by atoms with Gasteiger partial charge < -0.3 is 10.4 Å². The molecule has 1 aliphatic carbocycles. The van der Waals surface area contributed by atoms with Gasteiger partial charge in [0.15, 0.2) is 0 Å². The van der Waals surface area contributed by atoms with E-state index in [4.69, 9.17) is 5.11 Å². The van der Waals surface area contributed by atoms with Gasteiger partial charge in [-0.2, -0.15) is 0 Å². The van der Waals surface area contributed by atoms with Gasteiger partial charge in [0.25, 0.3) is 5.91 Å². The molecule has 0 aliphatic heterocycles. The second-order valence-corrected chi connectivity index (χ2v) is 4.54. The number of pyridine rings is 1. The van der Waals surface area contributed by atoms with E-state index >= 15 is 0 Å².